The fourth-order valence-corrected chi connectivity index (χ4v) is 2.83. The molecule has 0 aliphatic rings. The normalized spacial score (nSPS) is 11.2. The van der Waals surface area contributed by atoms with Gasteiger partial charge < -0.3 is 9.47 Å². The van der Waals surface area contributed by atoms with Crippen LogP contribution in [0.25, 0.3) is 0 Å². The second kappa shape index (κ2) is 8.21. The first-order chi connectivity index (χ1) is 9.90. The molecule has 118 valence electrons. The van der Waals surface area contributed by atoms with Crippen LogP contribution in [0.2, 0.25) is 5.02 Å². The lowest BCUT2D eigenvalue weighted by atomic mass is 10.3. The molecule has 0 saturated carbocycles. The molecule has 0 bridgehead atoms. The van der Waals surface area contributed by atoms with E-state index in [0.717, 1.165) is 12.8 Å². The van der Waals surface area contributed by atoms with Gasteiger partial charge in [-0.05, 0) is 24.6 Å². The van der Waals surface area contributed by atoms with Gasteiger partial charge in [-0.25, -0.2) is 17.9 Å². The van der Waals surface area contributed by atoms with E-state index < -0.39 is 16.0 Å². The quantitative estimate of drug-likeness (QED) is 0.580. The Morgan fingerprint density at radius 3 is 2.67 bits per heavy atom. The molecular formula is C13H18ClNO5S. The maximum absolute atomic E-state index is 12.0. The van der Waals surface area contributed by atoms with E-state index in [1.54, 1.807) is 0 Å². The Labute approximate surface area is 129 Å². The molecule has 6 nitrogen and oxygen atoms in total. The highest BCUT2D eigenvalue weighted by molar-refractivity contribution is 7.89. The Bertz CT molecular complexity index is 588. The molecule has 0 fully saturated rings. The van der Waals surface area contributed by atoms with Crippen LogP contribution in [0.1, 0.15) is 19.8 Å². The molecule has 0 heterocycles. The van der Waals surface area contributed by atoms with Crippen molar-refractivity contribution in [2.75, 3.05) is 20.3 Å². The van der Waals surface area contributed by atoms with Crippen molar-refractivity contribution in [2.24, 2.45) is 0 Å². The maximum Gasteiger partial charge on any atom is 0.343 e. The van der Waals surface area contributed by atoms with E-state index in [-0.39, 0.29) is 22.3 Å². The Hall–Kier alpha value is -1.31. The first kappa shape index (κ1) is 17.7. The monoisotopic (exact) mass is 335 g/mol. The molecule has 0 spiro atoms. The van der Waals surface area contributed by atoms with Crippen molar-refractivity contribution in [3.63, 3.8) is 0 Å². The van der Waals surface area contributed by atoms with E-state index in [1.807, 2.05) is 6.92 Å². The number of benzene rings is 1. The minimum atomic E-state index is -3.59. The molecule has 21 heavy (non-hydrogen) atoms. The van der Waals surface area contributed by atoms with Crippen LogP contribution in [-0.2, 0) is 19.6 Å². The average molecular weight is 336 g/mol. The Kier molecular flexibility index (Phi) is 6.94. The van der Waals surface area contributed by atoms with Crippen LogP contribution < -0.4 is 9.46 Å². The number of ether oxygens (including phenoxy) is 2. The van der Waals surface area contributed by atoms with Crippen LogP contribution in [0.4, 0.5) is 0 Å². The fraction of sp³-hybridized carbons (Fsp3) is 0.462. The average Bonchev–Trinajstić information content (AvgIpc) is 2.45. The van der Waals surface area contributed by atoms with Gasteiger partial charge in [-0.1, -0.05) is 24.9 Å². The lowest BCUT2D eigenvalue weighted by Gasteiger charge is -2.10. The first-order valence-corrected chi connectivity index (χ1v) is 8.25. The number of sulfonamides is 1. The smallest absolute Gasteiger partial charge is 0.343 e. The summed E-state index contributed by atoms with van der Waals surface area (Å²) in [4.78, 5) is 11.0. The van der Waals surface area contributed by atoms with Gasteiger partial charge in [-0.2, -0.15) is 0 Å². The van der Waals surface area contributed by atoms with E-state index in [4.69, 9.17) is 16.3 Å². The zero-order valence-corrected chi connectivity index (χ0v) is 13.5. The highest BCUT2D eigenvalue weighted by atomic mass is 35.5. The summed E-state index contributed by atoms with van der Waals surface area (Å²) in [5.41, 5.74) is 0. The van der Waals surface area contributed by atoms with Crippen molar-refractivity contribution in [1.29, 1.82) is 0 Å². The molecule has 1 rings (SSSR count). The van der Waals surface area contributed by atoms with Gasteiger partial charge >= 0.3 is 5.97 Å². The van der Waals surface area contributed by atoms with E-state index in [1.165, 1.54) is 25.3 Å². The maximum atomic E-state index is 12.0. The second-order valence-corrected chi connectivity index (χ2v) is 6.38. The Morgan fingerprint density at radius 2 is 2.10 bits per heavy atom. The molecule has 0 saturated heterocycles. The van der Waals surface area contributed by atoms with E-state index in [9.17, 15) is 13.2 Å². The molecule has 0 aromatic heterocycles. The van der Waals surface area contributed by atoms with Gasteiger partial charge in [0, 0.05) is 6.54 Å². The second-order valence-electron chi connectivity index (χ2n) is 4.21. The fourth-order valence-electron chi connectivity index (χ4n) is 1.43. The summed E-state index contributed by atoms with van der Waals surface area (Å²) in [6, 6.07) is 4.05. The molecule has 1 N–H and O–H groups in total. The molecule has 1 aromatic carbocycles. The summed E-state index contributed by atoms with van der Waals surface area (Å²) in [5.74, 6) is -0.335. The molecular weight excluding hydrogens is 318 g/mol. The van der Waals surface area contributed by atoms with Gasteiger partial charge in [0.15, 0.2) is 6.61 Å². The highest BCUT2D eigenvalue weighted by Crippen LogP contribution is 2.27. The predicted octanol–water partition coefficient (Wildman–Crippen LogP) is 1.97. The summed E-state index contributed by atoms with van der Waals surface area (Å²) in [7, 11) is -2.35. The number of halogens is 1. The third-order valence-corrected chi connectivity index (χ3v) is 4.36. The largest absolute Gasteiger partial charge is 0.480 e. The number of esters is 1. The van der Waals surface area contributed by atoms with E-state index in [0.29, 0.717) is 6.54 Å². The molecule has 0 amide bonds. The third-order valence-electron chi connectivity index (χ3n) is 2.61. The van der Waals surface area contributed by atoms with Crippen LogP contribution in [0.15, 0.2) is 23.1 Å². The molecule has 0 atom stereocenters. The molecule has 0 unspecified atom stereocenters. The van der Waals surface area contributed by atoms with Gasteiger partial charge in [-0.3, -0.25) is 0 Å². The van der Waals surface area contributed by atoms with Crippen LogP contribution in [-0.4, -0.2) is 34.6 Å². The van der Waals surface area contributed by atoms with Crippen molar-refractivity contribution >= 4 is 27.6 Å². The van der Waals surface area contributed by atoms with Gasteiger partial charge in [0.25, 0.3) is 0 Å². The van der Waals surface area contributed by atoms with Crippen molar-refractivity contribution < 1.29 is 22.7 Å². The van der Waals surface area contributed by atoms with Gasteiger partial charge in [-0.15, -0.1) is 0 Å². The number of hydrogen-bond donors (Lipinski definition) is 1. The van der Waals surface area contributed by atoms with Crippen molar-refractivity contribution in [2.45, 2.75) is 24.7 Å². The van der Waals surface area contributed by atoms with Crippen LogP contribution in [0.5, 0.6) is 5.75 Å². The number of nitrogens with one attached hydrogen (secondary N) is 1. The summed E-state index contributed by atoms with van der Waals surface area (Å²) in [6.07, 6.45) is 1.65. The first-order valence-electron chi connectivity index (χ1n) is 6.39. The van der Waals surface area contributed by atoms with Crippen LogP contribution in [0.3, 0.4) is 0 Å². The number of carbonyl (C=O) groups excluding carboxylic acids is 1. The van der Waals surface area contributed by atoms with Gasteiger partial charge in [0.1, 0.15) is 5.75 Å². The Balaban J connectivity index is 2.79. The number of hydrogen-bond acceptors (Lipinski definition) is 5. The molecule has 1 aromatic rings. The van der Waals surface area contributed by atoms with Crippen LogP contribution in [0, 0.1) is 0 Å². The van der Waals surface area contributed by atoms with Crippen molar-refractivity contribution in [1.82, 2.24) is 4.72 Å². The van der Waals surface area contributed by atoms with Gasteiger partial charge in [0.05, 0.1) is 17.0 Å². The zero-order chi connectivity index (χ0) is 15.9. The zero-order valence-electron chi connectivity index (χ0n) is 11.9. The molecule has 0 aliphatic heterocycles. The highest BCUT2D eigenvalue weighted by Gasteiger charge is 2.16. The summed E-state index contributed by atoms with van der Waals surface area (Å²) < 4.78 is 36.0. The topological polar surface area (TPSA) is 81.7 Å². The standard InChI is InChI=1S/C13H18ClNO5S/c1-3-4-7-15-21(17,18)10-5-6-12(11(14)8-10)20-9-13(16)19-2/h5-6,8,15H,3-4,7,9H2,1-2H3. The SMILES string of the molecule is CCCCNS(=O)(=O)c1ccc(OCC(=O)OC)c(Cl)c1. The van der Waals surface area contributed by atoms with Crippen molar-refractivity contribution in [3.05, 3.63) is 23.2 Å². The predicted molar refractivity (Wildman–Crippen MR) is 79.1 cm³/mol. The summed E-state index contributed by atoms with van der Waals surface area (Å²) in [6.45, 7) is 2.05. The number of rotatable bonds is 8. The minimum absolute atomic E-state index is 0.0500. The minimum Gasteiger partial charge on any atom is -0.480 e. The van der Waals surface area contributed by atoms with E-state index >= 15 is 0 Å². The molecule has 0 radical (unpaired) electrons. The van der Waals surface area contributed by atoms with Crippen LogP contribution >= 0.6 is 11.6 Å². The van der Waals surface area contributed by atoms with Crippen molar-refractivity contribution in [3.8, 4) is 5.75 Å². The number of carbonyl (C=O) groups is 1. The molecule has 8 heteroatoms. The number of unbranched alkanes of at least 4 members (excludes halogenated alkanes) is 1. The lowest BCUT2D eigenvalue weighted by molar-refractivity contribution is -0.142. The van der Waals surface area contributed by atoms with E-state index in [2.05, 4.69) is 9.46 Å². The van der Waals surface area contributed by atoms with Gasteiger partial charge in [0.2, 0.25) is 10.0 Å². The summed E-state index contributed by atoms with van der Waals surface area (Å²) >= 11 is 5.95. The molecule has 0 aliphatic carbocycles. The third kappa shape index (κ3) is 5.53. The number of methoxy groups -OCH3 is 1. The Morgan fingerprint density at radius 1 is 1.38 bits per heavy atom. The lowest BCUT2D eigenvalue weighted by Crippen LogP contribution is -2.24. The summed E-state index contributed by atoms with van der Waals surface area (Å²) in [5, 5.41) is 0.109.